The van der Waals surface area contributed by atoms with Gasteiger partial charge in [0.25, 0.3) is 0 Å². The van der Waals surface area contributed by atoms with Crippen LogP contribution < -0.4 is 0 Å². The molecule has 1 saturated heterocycles. The van der Waals surface area contributed by atoms with Gasteiger partial charge in [0.1, 0.15) is 0 Å². The minimum absolute atomic E-state index is 0.0152. The lowest BCUT2D eigenvalue weighted by atomic mass is 10.1. The van der Waals surface area contributed by atoms with Gasteiger partial charge in [-0.3, -0.25) is 9.59 Å². The molecule has 1 heterocycles. The third-order valence-corrected chi connectivity index (χ3v) is 3.62. The van der Waals surface area contributed by atoms with Crippen LogP contribution in [-0.4, -0.2) is 22.5 Å². The van der Waals surface area contributed by atoms with Crippen LogP contribution in [0.2, 0.25) is 0 Å². The van der Waals surface area contributed by atoms with E-state index in [-0.39, 0.29) is 23.0 Å². The Morgan fingerprint density at radius 1 is 1.41 bits per heavy atom. The molecule has 1 unspecified atom stereocenters. The third kappa shape index (κ3) is 2.52. The summed E-state index contributed by atoms with van der Waals surface area (Å²) in [7, 11) is 0. The van der Waals surface area contributed by atoms with Crippen LogP contribution in [-0.2, 0) is 9.59 Å². The third-order valence-electron chi connectivity index (χ3n) is 3.26. The molecule has 0 aromatic heterocycles. The van der Waals surface area contributed by atoms with Gasteiger partial charge in [-0.15, -0.1) is 12.6 Å². The molecule has 90 valence electrons. The summed E-state index contributed by atoms with van der Waals surface area (Å²) in [6, 6.07) is 9.85. The van der Waals surface area contributed by atoms with Crippen molar-refractivity contribution in [3.05, 3.63) is 35.9 Å². The maximum absolute atomic E-state index is 11.8. The Morgan fingerprint density at radius 3 is 2.59 bits per heavy atom. The fourth-order valence-electron chi connectivity index (χ4n) is 2.18. The Hall–Kier alpha value is -1.29. The maximum Gasteiger partial charge on any atom is 0.223 e. The molecule has 17 heavy (non-hydrogen) atoms. The van der Waals surface area contributed by atoms with Crippen molar-refractivity contribution >= 4 is 23.7 Å². The molecule has 2 atom stereocenters. The summed E-state index contributed by atoms with van der Waals surface area (Å²) >= 11 is 3.81. The summed E-state index contributed by atoms with van der Waals surface area (Å²) in [5, 5.41) is -0.193. The molecule has 1 fully saturated rings. The van der Waals surface area contributed by atoms with Crippen LogP contribution in [0.4, 0.5) is 0 Å². The smallest absolute Gasteiger partial charge is 0.223 e. The van der Waals surface area contributed by atoms with Crippen molar-refractivity contribution in [2.75, 3.05) is 6.54 Å². The molecule has 1 aromatic carbocycles. The molecular formula is C13H15NO2S. The highest BCUT2D eigenvalue weighted by Crippen LogP contribution is 2.29. The van der Waals surface area contributed by atoms with Gasteiger partial charge in [-0.25, -0.2) is 0 Å². The number of carbonyl (C=O) groups is 2. The molecular weight excluding hydrogens is 234 g/mol. The number of hydrogen-bond acceptors (Lipinski definition) is 2. The van der Waals surface area contributed by atoms with Crippen molar-refractivity contribution in [2.24, 2.45) is 5.92 Å². The molecule has 0 N–H and O–H groups in total. The van der Waals surface area contributed by atoms with Crippen LogP contribution in [0.15, 0.2) is 30.3 Å². The lowest BCUT2D eigenvalue weighted by Crippen LogP contribution is -2.28. The number of rotatable bonds is 3. The standard InChI is InChI=1S/C13H15NO2S/c1-9(10-5-3-2-4-6-10)14-8-11(13(16)17)7-12(14)15/h2-6,9,11H,7-8H2,1H3,(H,16,17)/t9-,11?/m0/s1. The van der Waals surface area contributed by atoms with Gasteiger partial charge in [-0.05, 0) is 12.5 Å². The monoisotopic (exact) mass is 249 g/mol. The summed E-state index contributed by atoms with van der Waals surface area (Å²) in [4.78, 5) is 24.8. The largest absolute Gasteiger partial charge is 0.335 e. The van der Waals surface area contributed by atoms with Crippen LogP contribution in [0.3, 0.4) is 0 Å². The van der Waals surface area contributed by atoms with Crippen LogP contribution in [0.5, 0.6) is 0 Å². The Morgan fingerprint density at radius 2 is 2.06 bits per heavy atom. The predicted molar refractivity (Wildman–Crippen MR) is 68.7 cm³/mol. The van der Waals surface area contributed by atoms with E-state index in [9.17, 15) is 9.59 Å². The molecule has 0 spiro atoms. The molecule has 0 bridgehead atoms. The molecule has 3 nitrogen and oxygen atoms in total. The average Bonchev–Trinajstić information content (AvgIpc) is 2.72. The van der Waals surface area contributed by atoms with E-state index < -0.39 is 0 Å². The van der Waals surface area contributed by atoms with Gasteiger partial charge in [-0.1, -0.05) is 30.3 Å². The second-order valence-electron chi connectivity index (χ2n) is 4.37. The number of amides is 1. The van der Waals surface area contributed by atoms with Gasteiger partial charge in [0.05, 0.1) is 12.0 Å². The van der Waals surface area contributed by atoms with Gasteiger partial charge in [-0.2, -0.15) is 0 Å². The molecule has 2 rings (SSSR count). The van der Waals surface area contributed by atoms with E-state index in [1.807, 2.05) is 37.3 Å². The van der Waals surface area contributed by atoms with Gasteiger partial charge in [0.2, 0.25) is 5.91 Å². The van der Waals surface area contributed by atoms with Gasteiger partial charge < -0.3 is 4.90 Å². The first kappa shape index (κ1) is 12.2. The Kier molecular flexibility index (Phi) is 3.52. The SMILES string of the molecule is C[C@@H](c1ccccc1)N1CC(C(=O)S)CC1=O. The lowest BCUT2D eigenvalue weighted by Gasteiger charge is -2.24. The van der Waals surface area contributed by atoms with Crippen molar-refractivity contribution < 1.29 is 9.59 Å². The highest BCUT2D eigenvalue weighted by atomic mass is 32.1. The first-order valence-corrected chi connectivity index (χ1v) is 6.11. The zero-order valence-electron chi connectivity index (χ0n) is 9.67. The minimum atomic E-state index is -0.253. The van der Waals surface area contributed by atoms with E-state index in [0.717, 1.165) is 5.56 Å². The van der Waals surface area contributed by atoms with E-state index in [1.165, 1.54) is 0 Å². The summed E-state index contributed by atoms with van der Waals surface area (Å²) in [6.45, 7) is 2.47. The van der Waals surface area contributed by atoms with E-state index in [4.69, 9.17) is 0 Å². The number of carbonyl (C=O) groups excluding carboxylic acids is 2. The number of hydrogen-bond donors (Lipinski definition) is 1. The van der Waals surface area contributed by atoms with Crippen LogP contribution >= 0.6 is 12.6 Å². The average molecular weight is 249 g/mol. The second kappa shape index (κ2) is 4.92. The zero-order chi connectivity index (χ0) is 12.4. The Bertz CT molecular complexity index is 432. The van der Waals surface area contributed by atoms with Gasteiger partial charge >= 0.3 is 0 Å². The molecule has 0 radical (unpaired) electrons. The van der Waals surface area contributed by atoms with Crippen LogP contribution in [0.25, 0.3) is 0 Å². The number of nitrogens with zero attached hydrogens (tertiary/aromatic N) is 1. The first-order valence-electron chi connectivity index (χ1n) is 5.67. The van der Waals surface area contributed by atoms with E-state index in [1.54, 1.807) is 4.90 Å². The molecule has 1 aliphatic rings. The van der Waals surface area contributed by atoms with Crippen LogP contribution in [0.1, 0.15) is 24.9 Å². The summed E-state index contributed by atoms with van der Waals surface area (Å²) < 4.78 is 0. The summed E-state index contributed by atoms with van der Waals surface area (Å²) in [5.41, 5.74) is 1.09. The van der Waals surface area contributed by atoms with E-state index in [0.29, 0.717) is 13.0 Å². The predicted octanol–water partition coefficient (Wildman–Crippen LogP) is 2.05. The van der Waals surface area contributed by atoms with Crippen molar-refractivity contribution in [1.82, 2.24) is 4.90 Å². The molecule has 4 heteroatoms. The zero-order valence-corrected chi connectivity index (χ0v) is 10.6. The Balaban J connectivity index is 2.14. The topological polar surface area (TPSA) is 37.4 Å². The number of likely N-dealkylation sites (tertiary alicyclic amines) is 1. The summed E-state index contributed by atoms with van der Waals surface area (Å²) in [6.07, 6.45) is 0.291. The maximum atomic E-state index is 11.8. The quantitative estimate of drug-likeness (QED) is 0.833. The van der Waals surface area contributed by atoms with E-state index in [2.05, 4.69) is 12.6 Å². The Labute approximate surface area is 106 Å². The van der Waals surface area contributed by atoms with Gasteiger partial charge in [0, 0.05) is 13.0 Å². The highest BCUT2D eigenvalue weighted by Gasteiger charge is 2.35. The fourth-order valence-corrected chi connectivity index (χ4v) is 2.36. The molecule has 1 amide bonds. The molecule has 0 saturated carbocycles. The van der Waals surface area contributed by atoms with Crippen LogP contribution in [0, 0.1) is 5.92 Å². The van der Waals surface area contributed by atoms with E-state index >= 15 is 0 Å². The number of benzene rings is 1. The highest BCUT2D eigenvalue weighted by molar-refractivity contribution is 7.96. The van der Waals surface area contributed by atoms with Crippen molar-refractivity contribution in [3.8, 4) is 0 Å². The normalized spacial score (nSPS) is 21.6. The molecule has 0 aliphatic carbocycles. The van der Waals surface area contributed by atoms with Crippen molar-refractivity contribution in [3.63, 3.8) is 0 Å². The van der Waals surface area contributed by atoms with Gasteiger partial charge in [0.15, 0.2) is 5.12 Å². The van der Waals surface area contributed by atoms with Crippen molar-refractivity contribution in [2.45, 2.75) is 19.4 Å². The first-order chi connectivity index (χ1) is 8.09. The van der Waals surface area contributed by atoms with Crippen molar-refractivity contribution in [1.29, 1.82) is 0 Å². The lowest BCUT2D eigenvalue weighted by molar-refractivity contribution is -0.129. The second-order valence-corrected chi connectivity index (χ2v) is 4.81. The molecule has 1 aliphatic heterocycles. The minimum Gasteiger partial charge on any atom is -0.335 e. The fraction of sp³-hybridized carbons (Fsp3) is 0.385. The molecule has 1 aromatic rings. The number of thiol groups is 1. The summed E-state index contributed by atoms with van der Waals surface area (Å²) in [5.74, 6) is -0.217.